The Balaban J connectivity index is 3.08. The Kier molecular flexibility index (Phi) is 3.42. The Hall–Kier alpha value is -1.63. The number of carbonyl (C=O) groups is 1. The number of benzene rings is 1. The van der Waals surface area contributed by atoms with E-state index >= 15 is 0 Å². The van der Waals surface area contributed by atoms with Crippen LogP contribution >= 0.6 is 0 Å². The van der Waals surface area contributed by atoms with Crippen LogP contribution in [0.15, 0.2) is 24.3 Å². The molecule has 0 amide bonds. The molecule has 1 atom stereocenters. The Morgan fingerprint density at radius 1 is 1.35 bits per heavy atom. The summed E-state index contributed by atoms with van der Waals surface area (Å²) in [5.74, 6) is -2.95. The first-order valence-electron chi connectivity index (χ1n) is 4.50. The van der Waals surface area contributed by atoms with Crippen molar-refractivity contribution < 1.29 is 27.5 Å². The van der Waals surface area contributed by atoms with E-state index in [0.29, 0.717) is 0 Å². The molecule has 17 heavy (non-hydrogen) atoms. The molecule has 0 saturated heterocycles. The van der Waals surface area contributed by atoms with E-state index < -0.39 is 29.9 Å². The SMILES string of the molecule is NC(Cc1cccc(F)c1)(C(=O)O)C(F)(F)F. The lowest BCUT2D eigenvalue weighted by Gasteiger charge is -2.27. The van der Waals surface area contributed by atoms with E-state index in [1.54, 1.807) is 0 Å². The van der Waals surface area contributed by atoms with E-state index in [9.17, 15) is 22.4 Å². The van der Waals surface area contributed by atoms with Gasteiger partial charge in [0, 0.05) is 6.42 Å². The summed E-state index contributed by atoms with van der Waals surface area (Å²) >= 11 is 0. The Bertz CT molecular complexity index is 433. The van der Waals surface area contributed by atoms with Crippen molar-refractivity contribution in [1.29, 1.82) is 0 Å². The van der Waals surface area contributed by atoms with Crippen LogP contribution in [-0.2, 0) is 11.2 Å². The summed E-state index contributed by atoms with van der Waals surface area (Å²) in [7, 11) is 0. The topological polar surface area (TPSA) is 63.3 Å². The first-order chi connectivity index (χ1) is 7.67. The highest BCUT2D eigenvalue weighted by atomic mass is 19.4. The van der Waals surface area contributed by atoms with E-state index in [4.69, 9.17) is 10.8 Å². The van der Waals surface area contributed by atoms with Gasteiger partial charge in [-0.25, -0.2) is 9.18 Å². The van der Waals surface area contributed by atoms with Crippen LogP contribution in [0.25, 0.3) is 0 Å². The standard InChI is InChI=1S/C10H9F4NO2/c11-7-3-1-2-6(4-7)5-9(15,8(16)17)10(12,13)14/h1-4H,5,15H2,(H,16,17). The number of carboxylic acids is 1. The highest BCUT2D eigenvalue weighted by Gasteiger charge is 2.58. The van der Waals surface area contributed by atoms with Crippen molar-refractivity contribution in [2.75, 3.05) is 0 Å². The van der Waals surface area contributed by atoms with Gasteiger partial charge >= 0.3 is 12.1 Å². The monoisotopic (exact) mass is 251 g/mol. The van der Waals surface area contributed by atoms with Gasteiger partial charge < -0.3 is 10.8 Å². The highest BCUT2D eigenvalue weighted by Crippen LogP contribution is 2.31. The molecule has 3 N–H and O–H groups in total. The average molecular weight is 251 g/mol. The molecule has 7 heteroatoms. The summed E-state index contributed by atoms with van der Waals surface area (Å²) in [6.07, 6.45) is -6.14. The van der Waals surface area contributed by atoms with Crippen molar-refractivity contribution in [1.82, 2.24) is 0 Å². The van der Waals surface area contributed by atoms with Crippen LogP contribution < -0.4 is 5.73 Å². The third kappa shape index (κ3) is 2.73. The van der Waals surface area contributed by atoms with Crippen molar-refractivity contribution >= 4 is 5.97 Å². The van der Waals surface area contributed by atoms with Crippen LogP contribution in [0.5, 0.6) is 0 Å². The summed E-state index contributed by atoms with van der Waals surface area (Å²) in [6.45, 7) is 0. The summed E-state index contributed by atoms with van der Waals surface area (Å²) in [6, 6.07) is 4.22. The van der Waals surface area contributed by atoms with Crippen molar-refractivity contribution in [3.63, 3.8) is 0 Å². The van der Waals surface area contributed by atoms with Crippen molar-refractivity contribution in [3.8, 4) is 0 Å². The molecule has 0 heterocycles. The zero-order valence-corrected chi connectivity index (χ0v) is 8.46. The maximum atomic E-state index is 12.8. The molecule has 0 aliphatic heterocycles. The smallest absolute Gasteiger partial charge is 0.417 e. The van der Waals surface area contributed by atoms with Crippen molar-refractivity contribution in [2.24, 2.45) is 5.73 Å². The summed E-state index contributed by atoms with van der Waals surface area (Å²) in [5.41, 5.74) is 1.30. The van der Waals surface area contributed by atoms with Gasteiger partial charge in [0.25, 0.3) is 0 Å². The first kappa shape index (κ1) is 13.4. The third-order valence-electron chi connectivity index (χ3n) is 2.26. The predicted octanol–water partition coefficient (Wildman–Crippen LogP) is 1.71. The minimum absolute atomic E-state index is 0.132. The fraction of sp³-hybridized carbons (Fsp3) is 0.300. The number of hydrogen-bond acceptors (Lipinski definition) is 2. The molecule has 0 fully saturated rings. The molecule has 1 unspecified atom stereocenters. The lowest BCUT2D eigenvalue weighted by molar-refractivity contribution is -0.201. The number of aliphatic carboxylic acids is 1. The van der Waals surface area contributed by atoms with Gasteiger partial charge in [0.1, 0.15) is 5.82 Å². The lowest BCUT2D eigenvalue weighted by atomic mass is 9.91. The molecule has 0 aliphatic rings. The van der Waals surface area contributed by atoms with Gasteiger partial charge in [-0.05, 0) is 17.7 Å². The molecule has 0 radical (unpaired) electrons. The largest absolute Gasteiger partial charge is 0.480 e. The van der Waals surface area contributed by atoms with Crippen molar-refractivity contribution in [2.45, 2.75) is 18.1 Å². The minimum atomic E-state index is -5.12. The minimum Gasteiger partial charge on any atom is -0.480 e. The van der Waals surface area contributed by atoms with Crippen LogP contribution in [0.4, 0.5) is 17.6 Å². The maximum Gasteiger partial charge on any atom is 0.417 e. The number of rotatable bonds is 3. The molecular formula is C10H9F4NO2. The molecule has 1 aromatic rings. The van der Waals surface area contributed by atoms with Gasteiger partial charge in [0.05, 0.1) is 0 Å². The molecule has 1 aromatic carbocycles. The number of halogens is 4. The Morgan fingerprint density at radius 2 is 1.94 bits per heavy atom. The molecule has 3 nitrogen and oxygen atoms in total. The first-order valence-corrected chi connectivity index (χ1v) is 4.50. The molecular weight excluding hydrogens is 242 g/mol. The van der Waals surface area contributed by atoms with Gasteiger partial charge in [-0.1, -0.05) is 12.1 Å². The number of alkyl halides is 3. The maximum absolute atomic E-state index is 12.8. The van der Waals surface area contributed by atoms with E-state index in [1.165, 1.54) is 12.1 Å². The zero-order chi connectivity index (χ0) is 13.3. The summed E-state index contributed by atoms with van der Waals surface area (Å²) < 4.78 is 50.4. The van der Waals surface area contributed by atoms with Gasteiger partial charge in [-0.2, -0.15) is 13.2 Å². The highest BCUT2D eigenvalue weighted by molar-refractivity contribution is 5.80. The predicted molar refractivity (Wildman–Crippen MR) is 50.7 cm³/mol. The molecule has 0 spiro atoms. The van der Waals surface area contributed by atoms with Gasteiger partial charge in [-0.3, -0.25) is 0 Å². The molecule has 0 saturated carbocycles. The zero-order valence-electron chi connectivity index (χ0n) is 8.46. The van der Waals surface area contributed by atoms with Crippen LogP contribution in [0.2, 0.25) is 0 Å². The van der Waals surface area contributed by atoms with E-state index in [2.05, 4.69) is 0 Å². The number of carboxylic acid groups (broad SMARTS) is 1. The van der Waals surface area contributed by atoms with Crippen molar-refractivity contribution in [3.05, 3.63) is 35.6 Å². The van der Waals surface area contributed by atoms with Crippen LogP contribution in [0.1, 0.15) is 5.56 Å². The molecule has 0 aromatic heterocycles. The number of nitrogens with two attached hydrogens (primary N) is 1. The van der Waals surface area contributed by atoms with E-state index in [0.717, 1.165) is 12.1 Å². The van der Waals surface area contributed by atoms with Gasteiger partial charge in [-0.15, -0.1) is 0 Å². The van der Waals surface area contributed by atoms with E-state index in [-0.39, 0.29) is 5.56 Å². The van der Waals surface area contributed by atoms with Crippen LogP contribution in [-0.4, -0.2) is 22.8 Å². The Labute approximate surface area is 93.8 Å². The molecule has 1 rings (SSSR count). The van der Waals surface area contributed by atoms with E-state index in [1.807, 2.05) is 0 Å². The van der Waals surface area contributed by atoms with Gasteiger partial charge in [0.2, 0.25) is 5.54 Å². The second-order valence-corrected chi connectivity index (χ2v) is 3.58. The Morgan fingerprint density at radius 3 is 2.35 bits per heavy atom. The van der Waals surface area contributed by atoms with Gasteiger partial charge in [0.15, 0.2) is 0 Å². The molecule has 0 aliphatic carbocycles. The number of hydrogen-bond donors (Lipinski definition) is 2. The quantitative estimate of drug-likeness (QED) is 0.804. The third-order valence-corrected chi connectivity index (χ3v) is 2.26. The average Bonchev–Trinajstić information content (AvgIpc) is 2.15. The fourth-order valence-corrected chi connectivity index (χ4v) is 1.27. The normalized spacial score (nSPS) is 15.4. The fourth-order valence-electron chi connectivity index (χ4n) is 1.27. The summed E-state index contributed by atoms with van der Waals surface area (Å²) in [5, 5.41) is 8.56. The van der Waals surface area contributed by atoms with Crippen LogP contribution in [0, 0.1) is 5.82 Å². The second-order valence-electron chi connectivity index (χ2n) is 3.58. The van der Waals surface area contributed by atoms with Crippen LogP contribution in [0.3, 0.4) is 0 Å². The second kappa shape index (κ2) is 4.33. The summed E-state index contributed by atoms with van der Waals surface area (Å²) in [4.78, 5) is 10.6. The molecule has 94 valence electrons. The lowest BCUT2D eigenvalue weighted by Crippen LogP contribution is -2.61. The molecule has 0 bridgehead atoms.